The van der Waals surface area contributed by atoms with Gasteiger partial charge in [0.2, 0.25) is 0 Å². The van der Waals surface area contributed by atoms with Crippen LogP contribution < -0.4 is 15.8 Å². The number of hydrogen-bond donors (Lipinski definition) is 2. The van der Waals surface area contributed by atoms with E-state index in [1.807, 2.05) is 6.92 Å². The van der Waals surface area contributed by atoms with Gasteiger partial charge in [-0.05, 0) is 43.3 Å². The van der Waals surface area contributed by atoms with Crippen molar-refractivity contribution >= 4 is 40.5 Å². The van der Waals surface area contributed by atoms with E-state index < -0.39 is 0 Å². The van der Waals surface area contributed by atoms with Crippen molar-refractivity contribution in [2.24, 2.45) is 0 Å². The Morgan fingerprint density at radius 1 is 1.19 bits per heavy atom. The van der Waals surface area contributed by atoms with Crippen LogP contribution in [0.5, 0.6) is 5.75 Å². The highest BCUT2D eigenvalue weighted by Crippen LogP contribution is 2.29. The summed E-state index contributed by atoms with van der Waals surface area (Å²) in [6.07, 6.45) is 0. The van der Waals surface area contributed by atoms with Gasteiger partial charge in [0.15, 0.2) is 0 Å². The Balaban J connectivity index is 2.28. The first-order chi connectivity index (χ1) is 10.0. The van der Waals surface area contributed by atoms with Gasteiger partial charge in [0.1, 0.15) is 5.75 Å². The van der Waals surface area contributed by atoms with Gasteiger partial charge in [-0.15, -0.1) is 0 Å². The number of amides is 1. The van der Waals surface area contributed by atoms with Crippen molar-refractivity contribution in [3.8, 4) is 5.75 Å². The largest absolute Gasteiger partial charge is 0.492 e. The second-order valence-corrected chi connectivity index (χ2v) is 5.13. The Labute approximate surface area is 132 Å². The van der Waals surface area contributed by atoms with Gasteiger partial charge in [-0.2, -0.15) is 0 Å². The van der Waals surface area contributed by atoms with Crippen LogP contribution in [0.3, 0.4) is 0 Å². The third kappa shape index (κ3) is 3.80. The molecule has 0 fully saturated rings. The van der Waals surface area contributed by atoms with E-state index in [2.05, 4.69) is 5.32 Å². The SMILES string of the molecule is CCOc1ccc(Cl)cc1NC(=O)c1ccc(Cl)cc1N. The molecule has 2 rings (SSSR count). The monoisotopic (exact) mass is 324 g/mol. The Bertz CT molecular complexity index is 675. The summed E-state index contributed by atoms with van der Waals surface area (Å²) in [5, 5.41) is 3.71. The van der Waals surface area contributed by atoms with Crippen molar-refractivity contribution in [3.05, 3.63) is 52.0 Å². The Morgan fingerprint density at radius 3 is 2.52 bits per heavy atom. The van der Waals surface area contributed by atoms with Crippen molar-refractivity contribution in [3.63, 3.8) is 0 Å². The van der Waals surface area contributed by atoms with E-state index in [-0.39, 0.29) is 5.91 Å². The molecule has 0 unspecified atom stereocenters. The zero-order chi connectivity index (χ0) is 15.4. The minimum absolute atomic E-state index is 0.306. The molecule has 0 aliphatic rings. The first kappa shape index (κ1) is 15.5. The molecular weight excluding hydrogens is 311 g/mol. The van der Waals surface area contributed by atoms with E-state index in [9.17, 15) is 4.79 Å². The fourth-order valence-corrected chi connectivity index (χ4v) is 2.16. The van der Waals surface area contributed by atoms with Crippen LogP contribution in [0.4, 0.5) is 11.4 Å². The van der Waals surface area contributed by atoms with Crippen molar-refractivity contribution < 1.29 is 9.53 Å². The van der Waals surface area contributed by atoms with Gasteiger partial charge in [-0.25, -0.2) is 0 Å². The quantitative estimate of drug-likeness (QED) is 0.827. The van der Waals surface area contributed by atoms with Crippen LogP contribution in [0.15, 0.2) is 36.4 Å². The number of carbonyl (C=O) groups excluding carboxylic acids is 1. The number of nitrogen functional groups attached to an aromatic ring is 1. The summed E-state index contributed by atoms with van der Waals surface area (Å²) in [6, 6.07) is 9.71. The second kappa shape index (κ2) is 6.70. The van der Waals surface area contributed by atoms with Crippen LogP contribution in [0.2, 0.25) is 10.0 Å². The van der Waals surface area contributed by atoms with Gasteiger partial charge in [0.05, 0.1) is 17.9 Å². The summed E-state index contributed by atoms with van der Waals surface area (Å²) >= 11 is 11.8. The molecule has 1 amide bonds. The topological polar surface area (TPSA) is 64.3 Å². The molecule has 0 heterocycles. The average molecular weight is 325 g/mol. The summed E-state index contributed by atoms with van der Waals surface area (Å²) in [4.78, 5) is 12.3. The van der Waals surface area contributed by atoms with Crippen LogP contribution >= 0.6 is 23.2 Å². The molecule has 0 aliphatic carbocycles. The van der Waals surface area contributed by atoms with E-state index in [0.717, 1.165) is 0 Å². The van der Waals surface area contributed by atoms with Crippen LogP contribution in [0, 0.1) is 0 Å². The number of anilines is 2. The van der Waals surface area contributed by atoms with Crippen molar-refractivity contribution in [1.29, 1.82) is 0 Å². The van der Waals surface area contributed by atoms with Gasteiger partial charge < -0.3 is 15.8 Å². The molecule has 0 saturated heterocycles. The maximum atomic E-state index is 12.3. The van der Waals surface area contributed by atoms with E-state index in [4.69, 9.17) is 33.7 Å². The minimum Gasteiger partial charge on any atom is -0.492 e. The number of benzene rings is 2. The van der Waals surface area contributed by atoms with E-state index in [1.54, 1.807) is 30.3 Å². The average Bonchev–Trinajstić information content (AvgIpc) is 2.41. The molecule has 3 N–H and O–H groups in total. The van der Waals surface area contributed by atoms with E-state index in [1.165, 1.54) is 6.07 Å². The predicted octanol–water partition coefficient (Wildman–Crippen LogP) is 4.23. The molecular formula is C15H14Cl2N2O2. The van der Waals surface area contributed by atoms with E-state index in [0.29, 0.717) is 39.3 Å². The molecule has 0 radical (unpaired) electrons. The number of hydrogen-bond acceptors (Lipinski definition) is 3. The van der Waals surface area contributed by atoms with Crippen molar-refractivity contribution in [1.82, 2.24) is 0 Å². The number of halogens is 2. The van der Waals surface area contributed by atoms with Gasteiger partial charge in [-0.3, -0.25) is 4.79 Å². The number of carbonyl (C=O) groups is 1. The summed E-state index contributed by atoms with van der Waals surface area (Å²) in [5.74, 6) is 0.190. The third-order valence-corrected chi connectivity index (χ3v) is 3.22. The standard InChI is InChI=1S/C15H14Cl2N2O2/c1-2-21-14-6-4-10(17)8-13(14)19-15(20)11-5-3-9(16)7-12(11)18/h3-8H,2,18H2,1H3,(H,19,20). The lowest BCUT2D eigenvalue weighted by Gasteiger charge is -2.13. The number of nitrogens with one attached hydrogen (secondary N) is 1. The van der Waals surface area contributed by atoms with Gasteiger partial charge >= 0.3 is 0 Å². The zero-order valence-electron chi connectivity index (χ0n) is 11.3. The van der Waals surface area contributed by atoms with Gasteiger partial charge in [0, 0.05) is 15.7 Å². The van der Waals surface area contributed by atoms with Crippen LogP contribution in [-0.2, 0) is 0 Å². The lowest BCUT2D eigenvalue weighted by atomic mass is 10.1. The maximum absolute atomic E-state index is 12.3. The van der Waals surface area contributed by atoms with Crippen molar-refractivity contribution in [2.75, 3.05) is 17.7 Å². The highest BCUT2D eigenvalue weighted by Gasteiger charge is 2.13. The molecule has 0 spiro atoms. The highest BCUT2D eigenvalue weighted by atomic mass is 35.5. The molecule has 2 aromatic carbocycles. The molecule has 2 aromatic rings. The third-order valence-electron chi connectivity index (χ3n) is 2.75. The first-order valence-corrected chi connectivity index (χ1v) is 7.05. The normalized spacial score (nSPS) is 10.2. The summed E-state index contributed by atoms with van der Waals surface area (Å²) in [6.45, 7) is 2.34. The molecule has 21 heavy (non-hydrogen) atoms. The van der Waals surface area contributed by atoms with Crippen molar-refractivity contribution in [2.45, 2.75) is 6.92 Å². The summed E-state index contributed by atoms with van der Waals surface area (Å²) in [5.41, 5.74) is 6.93. The molecule has 0 bridgehead atoms. The lowest BCUT2D eigenvalue weighted by Crippen LogP contribution is -2.14. The van der Waals surface area contributed by atoms with Crippen LogP contribution in [-0.4, -0.2) is 12.5 Å². The van der Waals surface area contributed by atoms with E-state index >= 15 is 0 Å². The molecule has 0 atom stereocenters. The minimum atomic E-state index is -0.354. The highest BCUT2D eigenvalue weighted by molar-refractivity contribution is 6.31. The molecule has 0 aromatic heterocycles. The fraction of sp³-hybridized carbons (Fsp3) is 0.133. The molecule has 0 saturated carbocycles. The Hall–Kier alpha value is -1.91. The fourth-order valence-electron chi connectivity index (χ4n) is 1.81. The van der Waals surface area contributed by atoms with Crippen LogP contribution in [0.25, 0.3) is 0 Å². The van der Waals surface area contributed by atoms with Crippen LogP contribution in [0.1, 0.15) is 17.3 Å². The summed E-state index contributed by atoms with van der Waals surface area (Å²) in [7, 11) is 0. The molecule has 0 aliphatic heterocycles. The first-order valence-electron chi connectivity index (χ1n) is 6.30. The molecule has 6 heteroatoms. The van der Waals surface area contributed by atoms with Gasteiger partial charge in [-0.1, -0.05) is 23.2 Å². The Morgan fingerprint density at radius 2 is 1.86 bits per heavy atom. The summed E-state index contributed by atoms with van der Waals surface area (Å²) < 4.78 is 5.45. The molecule has 110 valence electrons. The smallest absolute Gasteiger partial charge is 0.257 e. The molecule has 4 nitrogen and oxygen atoms in total. The van der Waals surface area contributed by atoms with Gasteiger partial charge in [0.25, 0.3) is 5.91 Å². The Kier molecular flexibility index (Phi) is 4.94. The predicted molar refractivity (Wildman–Crippen MR) is 86.4 cm³/mol. The number of rotatable bonds is 4. The number of nitrogens with two attached hydrogens (primary N) is 1. The zero-order valence-corrected chi connectivity index (χ0v) is 12.8. The maximum Gasteiger partial charge on any atom is 0.257 e. The number of ether oxygens (including phenoxy) is 1. The second-order valence-electron chi connectivity index (χ2n) is 4.26. The lowest BCUT2D eigenvalue weighted by molar-refractivity contribution is 0.102.